The lowest BCUT2D eigenvalue weighted by atomic mass is 10.0. The molecule has 0 aliphatic rings. The molecule has 3 heteroatoms. The Labute approximate surface area is 79.3 Å². The molecule has 0 aliphatic carbocycles. The Morgan fingerprint density at radius 2 is 2.18 bits per heavy atom. The first-order valence-corrected chi connectivity index (χ1v) is 5.91. The molecule has 0 radical (unpaired) electrons. The van der Waals surface area contributed by atoms with E-state index in [-0.39, 0.29) is 5.54 Å². The molecule has 0 aromatic heterocycles. The number of hydrogen-bond acceptors (Lipinski definition) is 2. The van der Waals surface area contributed by atoms with Crippen LogP contribution in [0.25, 0.3) is 0 Å². The maximum atomic E-state index is 5.82. The highest BCUT2D eigenvalue weighted by Crippen LogP contribution is 2.10. The quantitative estimate of drug-likeness (QED) is 0.516. The van der Waals surface area contributed by atoms with Crippen molar-refractivity contribution < 1.29 is 0 Å². The summed E-state index contributed by atoms with van der Waals surface area (Å²) in [5.74, 6) is 1.85. The Morgan fingerprint density at radius 3 is 2.55 bits per heavy atom. The number of hydrogen-bond donors (Lipinski definition) is 1. The fraction of sp³-hybridized carbons (Fsp3) is 1.00. The highest BCUT2D eigenvalue weighted by molar-refractivity contribution is 7.98. The average Bonchev–Trinajstić information content (AvgIpc) is 2.05. The van der Waals surface area contributed by atoms with Crippen molar-refractivity contribution in [2.45, 2.75) is 25.8 Å². The number of rotatable bonds is 6. The van der Waals surface area contributed by atoms with E-state index in [9.17, 15) is 0 Å². The van der Waals surface area contributed by atoms with E-state index < -0.39 is 0 Å². The highest BCUT2D eigenvalue weighted by Gasteiger charge is 2.18. The van der Waals surface area contributed by atoms with Gasteiger partial charge in [-0.3, -0.25) is 0 Å². The highest BCUT2D eigenvalue weighted by atomic mass is 35.5. The molecule has 0 spiro atoms. The molecule has 0 fully saturated rings. The SMILES string of the molecule is CCC(C)(CCl)NCCSC. The third kappa shape index (κ3) is 4.94. The van der Waals surface area contributed by atoms with Crippen LogP contribution in [0.4, 0.5) is 0 Å². The third-order valence-corrected chi connectivity index (χ3v) is 3.14. The first-order chi connectivity index (χ1) is 5.18. The van der Waals surface area contributed by atoms with E-state index in [1.54, 1.807) is 0 Å². The summed E-state index contributed by atoms with van der Waals surface area (Å²) in [6.07, 6.45) is 3.20. The predicted octanol–water partition coefficient (Wildman–Crippen LogP) is 2.35. The molecule has 0 rings (SSSR count). The average molecular weight is 196 g/mol. The molecule has 0 aromatic carbocycles. The number of alkyl halides is 1. The van der Waals surface area contributed by atoms with Gasteiger partial charge in [0.2, 0.25) is 0 Å². The lowest BCUT2D eigenvalue weighted by molar-refractivity contribution is 0.393. The van der Waals surface area contributed by atoms with Crippen LogP contribution >= 0.6 is 23.4 Å². The zero-order valence-corrected chi connectivity index (χ0v) is 9.19. The van der Waals surface area contributed by atoms with E-state index in [2.05, 4.69) is 25.4 Å². The molecule has 0 aromatic rings. The first-order valence-electron chi connectivity index (χ1n) is 3.98. The molecule has 0 saturated carbocycles. The van der Waals surface area contributed by atoms with E-state index in [4.69, 9.17) is 11.6 Å². The van der Waals surface area contributed by atoms with Crippen molar-refractivity contribution >= 4 is 23.4 Å². The van der Waals surface area contributed by atoms with Gasteiger partial charge >= 0.3 is 0 Å². The van der Waals surface area contributed by atoms with Crippen LogP contribution in [0.15, 0.2) is 0 Å². The van der Waals surface area contributed by atoms with Gasteiger partial charge in [0.25, 0.3) is 0 Å². The first kappa shape index (κ1) is 11.6. The van der Waals surface area contributed by atoms with Crippen LogP contribution in [0.1, 0.15) is 20.3 Å². The minimum atomic E-state index is 0.136. The Morgan fingerprint density at radius 1 is 1.55 bits per heavy atom. The van der Waals surface area contributed by atoms with E-state index in [1.807, 2.05) is 11.8 Å². The van der Waals surface area contributed by atoms with Gasteiger partial charge in [0.15, 0.2) is 0 Å². The van der Waals surface area contributed by atoms with Crippen molar-refractivity contribution in [3.05, 3.63) is 0 Å². The standard InChI is InChI=1S/C8H18ClNS/c1-4-8(2,7-9)10-5-6-11-3/h10H,4-7H2,1-3H3. The number of thioether (sulfide) groups is 1. The Kier molecular flexibility index (Phi) is 6.49. The molecule has 0 bridgehead atoms. The second-order valence-corrected chi connectivity index (χ2v) is 4.22. The molecule has 0 amide bonds. The summed E-state index contributed by atoms with van der Waals surface area (Å²) in [4.78, 5) is 0. The van der Waals surface area contributed by atoms with Gasteiger partial charge in [-0.1, -0.05) is 6.92 Å². The molecular weight excluding hydrogens is 178 g/mol. The van der Waals surface area contributed by atoms with Crippen molar-refractivity contribution in [2.75, 3.05) is 24.4 Å². The van der Waals surface area contributed by atoms with Crippen LogP contribution in [0.3, 0.4) is 0 Å². The predicted molar refractivity (Wildman–Crippen MR) is 55.8 cm³/mol. The largest absolute Gasteiger partial charge is 0.310 e. The summed E-state index contributed by atoms with van der Waals surface area (Å²) < 4.78 is 0. The van der Waals surface area contributed by atoms with Gasteiger partial charge in [-0.2, -0.15) is 11.8 Å². The van der Waals surface area contributed by atoms with Crippen molar-refractivity contribution in [2.24, 2.45) is 0 Å². The van der Waals surface area contributed by atoms with Gasteiger partial charge in [-0.05, 0) is 19.6 Å². The Balaban J connectivity index is 3.51. The van der Waals surface area contributed by atoms with Crippen LogP contribution in [0, 0.1) is 0 Å². The second-order valence-electron chi connectivity index (χ2n) is 2.97. The minimum Gasteiger partial charge on any atom is -0.310 e. The van der Waals surface area contributed by atoms with Crippen molar-refractivity contribution in [1.82, 2.24) is 5.32 Å². The molecular formula is C8H18ClNS. The third-order valence-electron chi connectivity index (χ3n) is 1.93. The summed E-state index contributed by atoms with van der Waals surface area (Å²) in [6.45, 7) is 5.38. The Bertz CT molecular complexity index is 94.1. The summed E-state index contributed by atoms with van der Waals surface area (Å²) in [5.41, 5.74) is 0.136. The molecule has 0 aliphatic heterocycles. The van der Waals surface area contributed by atoms with E-state index in [1.165, 1.54) is 0 Å². The molecule has 1 N–H and O–H groups in total. The molecule has 11 heavy (non-hydrogen) atoms. The van der Waals surface area contributed by atoms with Crippen molar-refractivity contribution in [3.63, 3.8) is 0 Å². The zero-order valence-electron chi connectivity index (χ0n) is 7.61. The molecule has 68 valence electrons. The van der Waals surface area contributed by atoms with Gasteiger partial charge in [0, 0.05) is 23.7 Å². The zero-order chi connectivity index (χ0) is 8.74. The lowest BCUT2D eigenvalue weighted by Gasteiger charge is -2.26. The van der Waals surface area contributed by atoms with Crippen LogP contribution in [0.5, 0.6) is 0 Å². The molecule has 0 heterocycles. The number of nitrogens with one attached hydrogen (secondary N) is 1. The monoisotopic (exact) mass is 195 g/mol. The topological polar surface area (TPSA) is 12.0 Å². The number of halogens is 1. The molecule has 0 saturated heterocycles. The van der Waals surface area contributed by atoms with Crippen LogP contribution in [-0.4, -0.2) is 30.0 Å². The van der Waals surface area contributed by atoms with Crippen LogP contribution < -0.4 is 5.32 Å². The second kappa shape index (κ2) is 6.15. The summed E-state index contributed by atoms with van der Waals surface area (Å²) >= 11 is 7.68. The van der Waals surface area contributed by atoms with Gasteiger partial charge in [-0.15, -0.1) is 11.6 Å². The van der Waals surface area contributed by atoms with Crippen molar-refractivity contribution in [3.8, 4) is 0 Å². The maximum Gasteiger partial charge on any atom is 0.0403 e. The summed E-state index contributed by atoms with van der Waals surface area (Å²) in [6, 6.07) is 0. The van der Waals surface area contributed by atoms with Gasteiger partial charge in [0.1, 0.15) is 0 Å². The van der Waals surface area contributed by atoms with E-state index >= 15 is 0 Å². The van der Waals surface area contributed by atoms with E-state index in [0.29, 0.717) is 5.88 Å². The maximum absolute atomic E-state index is 5.82. The summed E-state index contributed by atoms with van der Waals surface area (Å²) in [7, 11) is 0. The van der Waals surface area contributed by atoms with Crippen LogP contribution in [0.2, 0.25) is 0 Å². The van der Waals surface area contributed by atoms with Gasteiger partial charge in [-0.25, -0.2) is 0 Å². The fourth-order valence-electron chi connectivity index (χ4n) is 0.722. The lowest BCUT2D eigenvalue weighted by Crippen LogP contribution is -2.44. The van der Waals surface area contributed by atoms with E-state index in [0.717, 1.165) is 18.7 Å². The molecule has 1 nitrogen and oxygen atoms in total. The molecule has 1 unspecified atom stereocenters. The van der Waals surface area contributed by atoms with Gasteiger partial charge in [0.05, 0.1) is 0 Å². The van der Waals surface area contributed by atoms with Crippen molar-refractivity contribution in [1.29, 1.82) is 0 Å². The summed E-state index contributed by atoms with van der Waals surface area (Å²) in [5, 5.41) is 3.44. The fourth-order valence-corrected chi connectivity index (χ4v) is 1.31. The smallest absolute Gasteiger partial charge is 0.0403 e. The minimum absolute atomic E-state index is 0.136. The van der Waals surface area contributed by atoms with Crippen LogP contribution in [-0.2, 0) is 0 Å². The normalized spacial score (nSPS) is 16.4. The van der Waals surface area contributed by atoms with Gasteiger partial charge < -0.3 is 5.32 Å². The molecule has 1 atom stereocenters. The Hall–Kier alpha value is 0.600.